The first kappa shape index (κ1) is 16.8. The van der Waals surface area contributed by atoms with E-state index in [1.54, 1.807) is 0 Å². The molecule has 4 nitrogen and oxygen atoms in total. The number of aliphatic hydroxyl groups excluding tert-OH is 1. The predicted octanol–water partition coefficient (Wildman–Crippen LogP) is 2.58. The zero-order chi connectivity index (χ0) is 15.0. The number of guanidine groups is 1. The largest absolute Gasteiger partial charge is 0.396 e. The molecule has 3 N–H and O–H groups in total. The molecule has 1 aromatic carbocycles. The van der Waals surface area contributed by atoms with Gasteiger partial charge in [0.1, 0.15) is 0 Å². The van der Waals surface area contributed by atoms with Crippen LogP contribution in [-0.2, 0) is 0 Å². The summed E-state index contributed by atoms with van der Waals surface area (Å²) in [6.07, 6.45) is 0. The quantitative estimate of drug-likeness (QED) is 0.559. The molecule has 2 unspecified atom stereocenters. The third kappa shape index (κ3) is 5.39. The molecule has 20 heavy (non-hydrogen) atoms. The van der Waals surface area contributed by atoms with Crippen LogP contribution >= 0.6 is 11.6 Å². The monoisotopic (exact) mass is 297 g/mol. The maximum Gasteiger partial charge on any atom is 0.191 e. The van der Waals surface area contributed by atoms with Crippen LogP contribution in [0.1, 0.15) is 32.4 Å². The second-order valence-electron chi connectivity index (χ2n) is 4.89. The summed E-state index contributed by atoms with van der Waals surface area (Å²) in [5.41, 5.74) is 1.04. The lowest BCUT2D eigenvalue weighted by Crippen LogP contribution is -2.39. The molecule has 0 heterocycles. The summed E-state index contributed by atoms with van der Waals surface area (Å²) in [7, 11) is 0. The van der Waals surface area contributed by atoms with Crippen molar-refractivity contribution in [2.75, 3.05) is 19.7 Å². The van der Waals surface area contributed by atoms with Crippen LogP contribution in [0.3, 0.4) is 0 Å². The van der Waals surface area contributed by atoms with Gasteiger partial charge in [-0.15, -0.1) is 0 Å². The first-order chi connectivity index (χ1) is 9.58. The fourth-order valence-electron chi connectivity index (χ4n) is 1.73. The Morgan fingerprint density at radius 1 is 1.35 bits per heavy atom. The second-order valence-corrected chi connectivity index (χ2v) is 5.30. The van der Waals surface area contributed by atoms with Crippen molar-refractivity contribution in [3.63, 3.8) is 0 Å². The van der Waals surface area contributed by atoms with Crippen molar-refractivity contribution in [1.82, 2.24) is 10.6 Å². The Bertz CT molecular complexity index is 437. The van der Waals surface area contributed by atoms with Crippen molar-refractivity contribution < 1.29 is 5.11 Å². The summed E-state index contributed by atoms with van der Waals surface area (Å²) < 4.78 is 0. The lowest BCUT2D eigenvalue weighted by atomic mass is 10.1. The van der Waals surface area contributed by atoms with Crippen molar-refractivity contribution in [3.8, 4) is 0 Å². The van der Waals surface area contributed by atoms with E-state index in [0.29, 0.717) is 6.54 Å². The number of nitrogens with zero attached hydrogens (tertiary/aromatic N) is 1. The van der Waals surface area contributed by atoms with Gasteiger partial charge in [-0.3, -0.25) is 4.99 Å². The average molecular weight is 298 g/mol. The molecule has 0 aliphatic rings. The van der Waals surface area contributed by atoms with E-state index in [9.17, 15) is 0 Å². The van der Waals surface area contributed by atoms with Crippen LogP contribution in [0.4, 0.5) is 0 Å². The number of aliphatic imine (C=N–C) groups is 1. The Hall–Kier alpha value is -1.26. The maximum atomic E-state index is 9.05. The highest BCUT2D eigenvalue weighted by Crippen LogP contribution is 2.21. The van der Waals surface area contributed by atoms with Crippen LogP contribution in [0.25, 0.3) is 0 Å². The van der Waals surface area contributed by atoms with Gasteiger partial charge in [-0.05, 0) is 31.4 Å². The molecule has 0 radical (unpaired) electrons. The molecular formula is C15H24ClN3O. The Kier molecular flexibility index (Phi) is 7.41. The standard InChI is InChI=1S/C15H24ClN3O/c1-4-17-15(18-9-11(2)10-20)19-12(3)13-7-5-6-8-14(13)16/h5-8,11-12,20H,4,9-10H2,1-3H3,(H2,17,18,19). The Morgan fingerprint density at radius 3 is 2.65 bits per heavy atom. The summed E-state index contributed by atoms with van der Waals surface area (Å²) >= 11 is 6.20. The molecule has 1 rings (SSSR count). The van der Waals surface area contributed by atoms with E-state index in [1.807, 2.05) is 45.0 Å². The molecule has 0 amide bonds. The predicted molar refractivity (Wildman–Crippen MR) is 85.2 cm³/mol. The second kappa shape index (κ2) is 8.82. The summed E-state index contributed by atoms with van der Waals surface area (Å²) in [4.78, 5) is 4.47. The third-order valence-electron chi connectivity index (χ3n) is 2.94. The van der Waals surface area contributed by atoms with Gasteiger partial charge >= 0.3 is 0 Å². The van der Waals surface area contributed by atoms with Gasteiger partial charge in [-0.25, -0.2) is 0 Å². The normalized spacial score (nSPS) is 14.8. The third-order valence-corrected chi connectivity index (χ3v) is 3.29. The van der Waals surface area contributed by atoms with Gasteiger partial charge in [0.2, 0.25) is 0 Å². The van der Waals surface area contributed by atoms with E-state index in [4.69, 9.17) is 16.7 Å². The number of aliphatic hydroxyl groups is 1. The van der Waals surface area contributed by atoms with Gasteiger partial charge in [-0.1, -0.05) is 36.7 Å². The van der Waals surface area contributed by atoms with E-state index in [0.717, 1.165) is 23.1 Å². The SMILES string of the molecule is CCNC(=NCC(C)CO)NC(C)c1ccccc1Cl. The van der Waals surface area contributed by atoms with E-state index < -0.39 is 0 Å². The Labute approximate surface area is 126 Å². The lowest BCUT2D eigenvalue weighted by Gasteiger charge is -2.19. The molecule has 0 aliphatic heterocycles. The number of benzene rings is 1. The minimum atomic E-state index is 0.0610. The number of nitrogens with one attached hydrogen (secondary N) is 2. The van der Waals surface area contributed by atoms with Gasteiger partial charge in [0.05, 0.1) is 6.04 Å². The van der Waals surface area contributed by atoms with Crippen molar-refractivity contribution in [2.24, 2.45) is 10.9 Å². The van der Waals surface area contributed by atoms with Crippen LogP contribution in [0.15, 0.2) is 29.3 Å². The Morgan fingerprint density at radius 2 is 2.05 bits per heavy atom. The number of halogens is 1. The molecule has 0 aliphatic carbocycles. The molecule has 0 aromatic heterocycles. The summed E-state index contributed by atoms with van der Waals surface area (Å²) in [6, 6.07) is 7.83. The molecule has 1 aromatic rings. The Balaban J connectivity index is 2.72. The van der Waals surface area contributed by atoms with Crippen LogP contribution in [0.2, 0.25) is 5.02 Å². The highest BCUT2D eigenvalue weighted by molar-refractivity contribution is 6.31. The van der Waals surface area contributed by atoms with Gasteiger partial charge in [0, 0.05) is 24.7 Å². The first-order valence-electron chi connectivity index (χ1n) is 6.98. The first-order valence-corrected chi connectivity index (χ1v) is 7.36. The van der Waals surface area contributed by atoms with Crippen LogP contribution in [0, 0.1) is 5.92 Å². The summed E-state index contributed by atoms with van der Waals surface area (Å²) in [5, 5.41) is 16.3. The summed E-state index contributed by atoms with van der Waals surface area (Å²) in [6.45, 7) is 7.54. The fraction of sp³-hybridized carbons (Fsp3) is 0.533. The van der Waals surface area contributed by atoms with Gasteiger partial charge in [-0.2, -0.15) is 0 Å². The zero-order valence-corrected chi connectivity index (χ0v) is 13.1. The average Bonchev–Trinajstić information content (AvgIpc) is 2.44. The summed E-state index contributed by atoms with van der Waals surface area (Å²) in [5.74, 6) is 0.890. The molecule has 0 bridgehead atoms. The van der Waals surface area contributed by atoms with Crippen LogP contribution < -0.4 is 10.6 Å². The number of hydrogen-bond acceptors (Lipinski definition) is 2. The number of rotatable bonds is 6. The van der Waals surface area contributed by atoms with E-state index >= 15 is 0 Å². The molecule has 0 saturated heterocycles. The molecule has 5 heteroatoms. The van der Waals surface area contributed by atoms with Crippen molar-refractivity contribution in [1.29, 1.82) is 0 Å². The minimum Gasteiger partial charge on any atom is -0.396 e. The van der Waals surface area contributed by atoms with E-state index in [1.165, 1.54) is 0 Å². The smallest absolute Gasteiger partial charge is 0.191 e. The zero-order valence-electron chi connectivity index (χ0n) is 12.4. The molecule has 0 saturated carbocycles. The van der Waals surface area contributed by atoms with Gasteiger partial charge in [0.25, 0.3) is 0 Å². The van der Waals surface area contributed by atoms with E-state index in [2.05, 4.69) is 15.6 Å². The van der Waals surface area contributed by atoms with Crippen molar-refractivity contribution >= 4 is 17.6 Å². The maximum absolute atomic E-state index is 9.05. The molecule has 0 fully saturated rings. The molecule has 2 atom stereocenters. The molecule has 112 valence electrons. The van der Waals surface area contributed by atoms with Gasteiger partial charge < -0.3 is 15.7 Å². The van der Waals surface area contributed by atoms with Crippen molar-refractivity contribution in [3.05, 3.63) is 34.9 Å². The van der Waals surface area contributed by atoms with Crippen LogP contribution in [-0.4, -0.2) is 30.8 Å². The van der Waals surface area contributed by atoms with E-state index in [-0.39, 0.29) is 18.6 Å². The topological polar surface area (TPSA) is 56.7 Å². The van der Waals surface area contributed by atoms with Gasteiger partial charge in [0.15, 0.2) is 5.96 Å². The number of hydrogen-bond donors (Lipinski definition) is 3. The fourth-order valence-corrected chi connectivity index (χ4v) is 2.03. The van der Waals surface area contributed by atoms with Crippen molar-refractivity contribution in [2.45, 2.75) is 26.8 Å². The lowest BCUT2D eigenvalue weighted by molar-refractivity contribution is 0.241. The highest BCUT2D eigenvalue weighted by atomic mass is 35.5. The molecule has 0 spiro atoms. The minimum absolute atomic E-state index is 0.0610. The van der Waals surface area contributed by atoms with Crippen LogP contribution in [0.5, 0.6) is 0 Å². The highest BCUT2D eigenvalue weighted by Gasteiger charge is 2.11. The molecular weight excluding hydrogens is 274 g/mol.